The summed E-state index contributed by atoms with van der Waals surface area (Å²) in [6.45, 7) is 4.10. The lowest BCUT2D eigenvalue weighted by Gasteiger charge is -2.10. The number of aromatic nitrogens is 3. The molecule has 0 radical (unpaired) electrons. The van der Waals surface area contributed by atoms with Crippen molar-refractivity contribution in [2.45, 2.75) is 24.8 Å². The van der Waals surface area contributed by atoms with E-state index in [1.165, 1.54) is 21.9 Å². The molecule has 0 fully saturated rings. The van der Waals surface area contributed by atoms with Gasteiger partial charge in [-0.2, -0.15) is 0 Å². The van der Waals surface area contributed by atoms with Gasteiger partial charge in [0, 0.05) is 11.4 Å². The van der Waals surface area contributed by atoms with Crippen molar-refractivity contribution in [2.75, 3.05) is 0 Å². The Morgan fingerprint density at radius 2 is 1.68 bits per heavy atom. The van der Waals surface area contributed by atoms with Gasteiger partial charge in [-0.15, -0.1) is 10.2 Å². The highest BCUT2D eigenvalue weighted by Crippen LogP contribution is 2.28. The minimum Gasteiger partial charge on any atom is -0.274 e. The molecule has 0 saturated carbocycles. The summed E-state index contributed by atoms with van der Waals surface area (Å²) in [5.41, 5.74) is 3.66. The van der Waals surface area contributed by atoms with Crippen molar-refractivity contribution in [1.82, 2.24) is 14.8 Å². The molecule has 3 aromatic carbocycles. The maximum Gasteiger partial charge on any atom is 0.196 e. The van der Waals surface area contributed by atoms with E-state index in [4.69, 9.17) is 0 Å². The van der Waals surface area contributed by atoms with Crippen molar-refractivity contribution < 1.29 is 0 Å². The third-order valence-corrected chi connectivity index (χ3v) is 5.27. The third-order valence-electron chi connectivity index (χ3n) is 4.29. The fraction of sp³-hybridized carbons (Fsp3) is 0.143. The van der Waals surface area contributed by atoms with Gasteiger partial charge >= 0.3 is 0 Å². The SMILES string of the molecule is Cc1cccc(-n2c(C)nnc2SCc2cccc3ccccc23)c1. The molecule has 0 unspecified atom stereocenters. The number of thioether (sulfide) groups is 1. The van der Waals surface area contributed by atoms with Gasteiger partial charge in [0.1, 0.15) is 5.82 Å². The number of rotatable bonds is 4. The summed E-state index contributed by atoms with van der Waals surface area (Å²) in [7, 11) is 0. The zero-order chi connectivity index (χ0) is 17.2. The maximum atomic E-state index is 4.39. The van der Waals surface area contributed by atoms with Crippen molar-refractivity contribution in [3.63, 3.8) is 0 Å². The normalized spacial score (nSPS) is 11.1. The van der Waals surface area contributed by atoms with Crippen LogP contribution in [0.2, 0.25) is 0 Å². The maximum absolute atomic E-state index is 4.39. The quantitative estimate of drug-likeness (QED) is 0.468. The standard InChI is InChI=1S/C21H19N3S/c1-15-7-5-11-19(13-15)24-16(2)22-23-21(24)25-14-18-10-6-9-17-8-3-4-12-20(17)18/h3-13H,14H2,1-2H3. The fourth-order valence-electron chi connectivity index (χ4n) is 3.06. The molecule has 0 bridgehead atoms. The van der Waals surface area contributed by atoms with Crippen LogP contribution in [-0.2, 0) is 5.75 Å². The zero-order valence-electron chi connectivity index (χ0n) is 14.3. The Morgan fingerprint density at radius 3 is 2.56 bits per heavy atom. The van der Waals surface area contributed by atoms with Gasteiger partial charge < -0.3 is 0 Å². The van der Waals surface area contributed by atoms with Gasteiger partial charge in [-0.05, 0) is 47.9 Å². The van der Waals surface area contributed by atoms with Crippen molar-refractivity contribution in [3.8, 4) is 5.69 Å². The van der Waals surface area contributed by atoms with Crippen molar-refractivity contribution >= 4 is 22.5 Å². The molecule has 0 saturated heterocycles. The minimum atomic E-state index is 0.866. The Kier molecular flexibility index (Phi) is 4.28. The number of benzene rings is 3. The average molecular weight is 345 g/mol. The van der Waals surface area contributed by atoms with Crippen LogP contribution in [0.25, 0.3) is 16.5 Å². The topological polar surface area (TPSA) is 30.7 Å². The molecule has 1 aromatic heterocycles. The summed E-state index contributed by atoms with van der Waals surface area (Å²) in [4.78, 5) is 0. The summed E-state index contributed by atoms with van der Waals surface area (Å²) in [5.74, 6) is 1.77. The van der Waals surface area contributed by atoms with Gasteiger partial charge in [0.15, 0.2) is 5.16 Å². The third kappa shape index (κ3) is 3.17. The Balaban J connectivity index is 1.66. The van der Waals surface area contributed by atoms with Crippen LogP contribution >= 0.6 is 11.8 Å². The smallest absolute Gasteiger partial charge is 0.196 e. The van der Waals surface area contributed by atoms with Crippen LogP contribution < -0.4 is 0 Å². The molecule has 0 atom stereocenters. The first kappa shape index (κ1) is 15.9. The van der Waals surface area contributed by atoms with E-state index in [0.29, 0.717) is 0 Å². The molecule has 0 aliphatic heterocycles. The molecule has 0 aliphatic carbocycles. The van der Waals surface area contributed by atoms with Gasteiger partial charge in [-0.25, -0.2) is 0 Å². The lowest BCUT2D eigenvalue weighted by Crippen LogP contribution is -1.99. The highest BCUT2D eigenvalue weighted by Gasteiger charge is 2.12. The molecule has 4 heteroatoms. The molecule has 0 spiro atoms. The van der Waals surface area contributed by atoms with E-state index in [1.807, 2.05) is 6.92 Å². The first-order valence-electron chi connectivity index (χ1n) is 8.31. The number of fused-ring (bicyclic) bond motifs is 1. The van der Waals surface area contributed by atoms with Crippen LogP contribution in [0.3, 0.4) is 0 Å². The van der Waals surface area contributed by atoms with E-state index in [-0.39, 0.29) is 0 Å². The number of hydrogen-bond acceptors (Lipinski definition) is 3. The molecule has 25 heavy (non-hydrogen) atoms. The van der Waals surface area contributed by atoms with E-state index in [2.05, 4.69) is 88.4 Å². The zero-order valence-corrected chi connectivity index (χ0v) is 15.1. The Labute approximate surface area is 151 Å². The molecule has 0 N–H and O–H groups in total. The van der Waals surface area contributed by atoms with E-state index < -0.39 is 0 Å². The highest BCUT2D eigenvalue weighted by molar-refractivity contribution is 7.98. The van der Waals surface area contributed by atoms with Crippen LogP contribution in [0.5, 0.6) is 0 Å². The predicted octanol–water partition coefficient (Wildman–Crippen LogP) is 5.33. The Morgan fingerprint density at radius 1 is 0.880 bits per heavy atom. The van der Waals surface area contributed by atoms with E-state index >= 15 is 0 Å². The second kappa shape index (κ2) is 6.73. The molecule has 124 valence electrons. The Hall–Kier alpha value is -2.59. The first-order valence-corrected chi connectivity index (χ1v) is 9.29. The van der Waals surface area contributed by atoms with Crippen LogP contribution in [0.15, 0.2) is 71.9 Å². The van der Waals surface area contributed by atoms with Crippen molar-refractivity contribution in [1.29, 1.82) is 0 Å². The fourth-order valence-corrected chi connectivity index (χ4v) is 4.06. The Bertz CT molecular complexity index is 1030. The van der Waals surface area contributed by atoms with Crippen molar-refractivity contribution in [3.05, 3.63) is 83.7 Å². The second-order valence-electron chi connectivity index (χ2n) is 6.13. The summed E-state index contributed by atoms with van der Waals surface area (Å²) in [5, 5.41) is 12.2. The molecule has 4 aromatic rings. The number of hydrogen-bond donors (Lipinski definition) is 0. The van der Waals surface area contributed by atoms with E-state index in [0.717, 1.165) is 22.4 Å². The lowest BCUT2D eigenvalue weighted by molar-refractivity contribution is 0.867. The van der Waals surface area contributed by atoms with Gasteiger partial charge in [0.25, 0.3) is 0 Å². The summed E-state index contributed by atoms with van der Waals surface area (Å²) >= 11 is 1.73. The van der Waals surface area contributed by atoms with E-state index in [9.17, 15) is 0 Å². The van der Waals surface area contributed by atoms with Gasteiger partial charge in [-0.3, -0.25) is 4.57 Å². The van der Waals surface area contributed by atoms with Gasteiger partial charge in [0.2, 0.25) is 0 Å². The van der Waals surface area contributed by atoms with Gasteiger partial charge in [0.05, 0.1) is 0 Å². The first-order chi connectivity index (χ1) is 12.2. The molecular weight excluding hydrogens is 326 g/mol. The number of aryl methyl sites for hydroxylation is 2. The summed E-state index contributed by atoms with van der Waals surface area (Å²) in [6.07, 6.45) is 0. The number of nitrogens with zero attached hydrogens (tertiary/aromatic N) is 3. The molecular formula is C21H19N3S. The second-order valence-corrected chi connectivity index (χ2v) is 7.07. The highest BCUT2D eigenvalue weighted by atomic mass is 32.2. The molecule has 3 nitrogen and oxygen atoms in total. The average Bonchev–Trinajstić information content (AvgIpc) is 3.00. The van der Waals surface area contributed by atoms with Crippen LogP contribution in [0.4, 0.5) is 0 Å². The largest absolute Gasteiger partial charge is 0.274 e. The monoisotopic (exact) mass is 345 g/mol. The minimum absolute atomic E-state index is 0.866. The lowest BCUT2D eigenvalue weighted by atomic mass is 10.1. The molecule has 1 heterocycles. The van der Waals surface area contributed by atoms with Crippen LogP contribution in [-0.4, -0.2) is 14.8 Å². The van der Waals surface area contributed by atoms with Gasteiger partial charge in [-0.1, -0.05) is 66.4 Å². The molecule has 0 aliphatic rings. The van der Waals surface area contributed by atoms with Crippen molar-refractivity contribution in [2.24, 2.45) is 0 Å². The predicted molar refractivity (Wildman–Crippen MR) is 104 cm³/mol. The summed E-state index contributed by atoms with van der Waals surface area (Å²) in [6, 6.07) is 23.4. The van der Waals surface area contributed by atoms with Crippen LogP contribution in [0, 0.1) is 13.8 Å². The molecule has 4 rings (SSSR count). The molecule has 0 amide bonds. The van der Waals surface area contributed by atoms with Crippen LogP contribution in [0.1, 0.15) is 17.0 Å². The van der Waals surface area contributed by atoms with E-state index in [1.54, 1.807) is 11.8 Å². The summed E-state index contributed by atoms with van der Waals surface area (Å²) < 4.78 is 2.13.